The second-order valence-electron chi connectivity index (χ2n) is 7.24. The standard InChI is InChI=1S/C23H27N3O3/c27-23(10-11-24-20-8-9-21-22(17-20)29-18-28-21)26-15-13-25(14-16-26)12-4-7-19-5-2-1-3-6-19/h1-9,17,24H,10-16,18H2/b7-4+. The number of hydrogen-bond acceptors (Lipinski definition) is 5. The lowest BCUT2D eigenvalue weighted by Crippen LogP contribution is -2.48. The van der Waals surface area contributed by atoms with Gasteiger partial charge in [0.2, 0.25) is 12.7 Å². The van der Waals surface area contributed by atoms with Gasteiger partial charge >= 0.3 is 0 Å². The van der Waals surface area contributed by atoms with E-state index in [1.54, 1.807) is 0 Å². The summed E-state index contributed by atoms with van der Waals surface area (Å²) in [6.45, 7) is 5.22. The van der Waals surface area contributed by atoms with Crippen LogP contribution in [0.15, 0.2) is 54.6 Å². The number of nitrogens with one attached hydrogen (secondary N) is 1. The molecule has 6 heteroatoms. The van der Waals surface area contributed by atoms with Crippen molar-refractivity contribution in [3.05, 3.63) is 60.2 Å². The molecule has 1 amide bonds. The van der Waals surface area contributed by atoms with Crippen molar-refractivity contribution in [2.24, 2.45) is 0 Å². The number of carbonyl (C=O) groups excluding carboxylic acids is 1. The molecule has 1 fully saturated rings. The lowest BCUT2D eigenvalue weighted by atomic mass is 10.2. The van der Waals surface area contributed by atoms with Gasteiger partial charge in [-0.25, -0.2) is 0 Å². The molecule has 0 spiro atoms. The number of fused-ring (bicyclic) bond motifs is 1. The van der Waals surface area contributed by atoms with Crippen LogP contribution in [0.3, 0.4) is 0 Å². The van der Waals surface area contributed by atoms with Gasteiger partial charge in [0.25, 0.3) is 0 Å². The van der Waals surface area contributed by atoms with E-state index in [4.69, 9.17) is 9.47 Å². The summed E-state index contributed by atoms with van der Waals surface area (Å²) in [5.41, 5.74) is 2.16. The largest absolute Gasteiger partial charge is 0.454 e. The number of hydrogen-bond donors (Lipinski definition) is 1. The number of benzene rings is 2. The first-order valence-electron chi connectivity index (χ1n) is 10.1. The van der Waals surface area contributed by atoms with Crippen molar-refractivity contribution >= 4 is 17.7 Å². The van der Waals surface area contributed by atoms with Gasteiger partial charge in [-0.3, -0.25) is 9.69 Å². The summed E-state index contributed by atoms with van der Waals surface area (Å²) in [6, 6.07) is 16.1. The predicted molar refractivity (Wildman–Crippen MR) is 114 cm³/mol. The molecule has 0 aromatic heterocycles. The molecule has 0 bridgehead atoms. The van der Waals surface area contributed by atoms with E-state index in [9.17, 15) is 4.79 Å². The van der Waals surface area contributed by atoms with E-state index in [1.165, 1.54) is 5.56 Å². The minimum atomic E-state index is 0.206. The van der Waals surface area contributed by atoms with E-state index in [2.05, 4.69) is 34.5 Å². The summed E-state index contributed by atoms with van der Waals surface area (Å²) in [4.78, 5) is 16.8. The van der Waals surface area contributed by atoms with Gasteiger partial charge in [-0.1, -0.05) is 42.5 Å². The summed E-state index contributed by atoms with van der Waals surface area (Å²) >= 11 is 0. The van der Waals surface area contributed by atoms with Crippen LogP contribution in [-0.4, -0.2) is 61.8 Å². The minimum Gasteiger partial charge on any atom is -0.454 e. The van der Waals surface area contributed by atoms with Crippen LogP contribution in [0.25, 0.3) is 6.08 Å². The third-order valence-electron chi connectivity index (χ3n) is 5.24. The van der Waals surface area contributed by atoms with Gasteiger partial charge < -0.3 is 19.7 Å². The third kappa shape index (κ3) is 5.29. The molecule has 0 atom stereocenters. The Bertz CT molecular complexity index is 846. The first-order chi connectivity index (χ1) is 14.3. The zero-order valence-electron chi connectivity index (χ0n) is 16.5. The number of rotatable bonds is 7. The Hall–Kier alpha value is -2.99. The smallest absolute Gasteiger partial charge is 0.231 e. The van der Waals surface area contributed by atoms with Crippen molar-refractivity contribution in [1.29, 1.82) is 0 Å². The Kier molecular flexibility index (Phi) is 6.32. The molecule has 0 saturated carbocycles. The zero-order chi connectivity index (χ0) is 19.9. The maximum absolute atomic E-state index is 12.5. The number of piperazine rings is 1. The van der Waals surface area contributed by atoms with Gasteiger partial charge in [0.1, 0.15) is 0 Å². The van der Waals surface area contributed by atoms with E-state index < -0.39 is 0 Å². The van der Waals surface area contributed by atoms with Crippen molar-refractivity contribution in [3.63, 3.8) is 0 Å². The fourth-order valence-electron chi connectivity index (χ4n) is 3.56. The number of carbonyl (C=O) groups is 1. The normalized spacial score (nSPS) is 16.3. The Balaban J connectivity index is 1.15. The van der Waals surface area contributed by atoms with E-state index in [-0.39, 0.29) is 12.7 Å². The van der Waals surface area contributed by atoms with E-state index in [1.807, 2.05) is 41.3 Å². The van der Waals surface area contributed by atoms with Gasteiger partial charge in [-0.05, 0) is 17.7 Å². The molecule has 4 rings (SSSR count). The highest BCUT2D eigenvalue weighted by Crippen LogP contribution is 2.34. The molecular weight excluding hydrogens is 366 g/mol. The molecule has 2 aromatic rings. The highest BCUT2D eigenvalue weighted by Gasteiger charge is 2.20. The van der Waals surface area contributed by atoms with Crippen LogP contribution in [0.5, 0.6) is 11.5 Å². The summed E-state index contributed by atoms with van der Waals surface area (Å²) in [5.74, 6) is 1.72. The van der Waals surface area contributed by atoms with Crippen LogP contribution in [0.2, 0.25) is 0 Å². The third-order valence-corrected chi connectivity index (χ3v) is 5.24. The van der Waals surface area contributed by atoms with Crippen molar-refractivity contribution in [2.75, 3.05) is 51.4 Å². The maximum atomic E-state index is 12.5. The van der Waals surface area contributed by atoms with Crippen molar-refractivity contribution in [3.8, 4) is 11.5 Å². The number of amides is 1. The van der Waals surface area contributed by atoms with Crippen LogP contribution < -0.4 is 14.8 Å². The van der Waals surface area contributed by atoms with Gasteiger partial charge in [0.05, 0.1) is 0 Å². The van der Waals surface area contributed by atoms with Crippen molar-refractivity contribution < 1.29 is 14.3 Å². The predicted octanol–water partition coefficient (Wildman–Crippen LogP) is 3.07. The molecular formula is C23H27N3O3. The molecule has 152 valence electrons. The summed E-state index contributed by atoms with van der Waals surface area (Å²) < 4.78 is 10.7. The molecule has 1 saturated heterocycles. The van der Waals surface area contributed by atoms with E-state index in [0.29, 0.717) is 13.0 Å². The van der Waals surface area contributed by atoms with Gasteiger partial charge in [-0.2, -0.15) is 0 Å². The fourth-order valence-corrected chi connectivity index (χ4v) is 3.56. The second-order valence-corrected chi connectivity index (χ2v) is 7.24. The Morgan fingerprint density at radius 2 is 1.79 bits per heavy atom. The highest BCUT2D eigenvalue weighted by molar-refractivity contribution is 5.77. The minimum absolute atomic E-state index is 0.206. The number of ether oxygens (including phenoxy) is 2. The number of anilines is 1. The summed E-state index contributed by atoms with van der Waals surface area (Å²) in [5, 5.41) is 3.29. The molecule has 0 unspecified atom stereocenters. The average molecular weight is 393 g/mol. The van der Waals surface area contributed by atoms with Crippen molar-refractivity contribution in [1.82, 2.24) is 9.80 Å². The summed E-state index contributed by atoms with van der Waals surface area (Å²) in [7, 11) is 0. The molecule has 6 nitrogen and oxygen atoms in total. The molecule has 0 aliphatic carbocycles. The van der Waals surface area contributed by atoms with Crippen LogP contribution in [-0.2, 0) is 4.79 Å². The Morgan fingerprint density at radius 1 is 1.00 bits per heavy atom. The monoisotopic (exact) mass is 393 g/mol. The first-order valence-corrected chi connectivity index (χ1v) is 10.1. The highest BCUT2D eigenvalue weighted by atomic mass is 16.7. The van der Waals surface area contributed by atoms with Crippen LogP contribution in [0.4, 0.5) is 5.69 Å². The molecule has 2 heterocycles. The van der Waals surface area contributed by atoms with Gasteiger partial charge in [0.15, 0.2) is 11.5 Å². The van der Waals surface area contributed by atoms with E-state index >= 15 is 0 Å². The Labute approximate surface area is 171 Å². The Morgan fingerprint density at radius 3 is 2.62 bits per heavy atom. The lowest BCUT2D eigenvalue weighted by molar-refractivity contribution is -0.132. The molecule has 2 aliphatic rings. The molecule has 0 radical (unpaired) electrons. The number of nitrogens with zero attached hydrogens (tertiary/aromatic N) is 2. The van der Waals surface area contributed by atoms with Crippen molar-refractivity contribution in [2.45, 2.75) is 6.42 Å². The van der Waals surface area contributed by atoms with Crippen LogP contribution in [0.1, 0.15) is 12.0 Å². The lowest BCUT2D eigenvalue weighted by Gasteiger charge is -2.34. The molecule has 2 aliphatic heterocycles. The van der Waals surface area contributed by atoms with Crippen LogP contribution in [0, 0.1) is 0 Å². The second kappa shape index (κ2) is 9.47. The van der Waals surface area contributed by atoms with Gasteiger partial charge in [0, 0.05) is 57.4 Å². The summed E-state index contributed by atoms with van der Waals surface area (Å²) in [6.07, 6.45) is 4.84. The SMILES string of the molecule is O=C(CCNc1ccc2c(c1)OCO2)N1CCN(C/C=C/c2ccccc2)CC1. The topological polar surface area (TPSA) is 54.0 Å². The first kappa shape index (κ1) is 19.3. The fraction of sp³-hybridized carbons (Fsp3) is 0.348. The quantitative estimate of drug-likeness (QED) is 0.784. The molecule has 2 aromatic carbocycles. The zero-order valence-corrected chi connectivity index (χ0v) is 16.5. The maximum Gasteiger partial charge on any atom is 0.231 e. The van der Waals surface area contributed by atoms with Crippen LogP contribution >= 0.6 is 0 Å². The average Bonchev–Trinajstić information content (AvgIpc) is 3.23. The molecule has 29 heavy (non-hydrogen) atoms. The molecule has 1 N–H and O–H groups in total. The van der Waals surface area contributed by atoms with Gasteiger partial charge in [-0.15, -0.1) is 0 Å². The van der Waals surface area contributed by atoms with E-state index in [0.717, 1.165) is 49.9 Å².